The summed E-state index contributed by atoms with van der Waals surface area (Å²) in [6.07, 6.45) is 0.481. The van der Waals surface area contributed by atoms with Crippen LogP contribution in [-0.2, 0) is 28.6 Å². The summed E-state index contributed by atoms with van der Waals surface area (Å²) in [5.74, 6) is -3.30. The summed E-state index contributed by atoms with van der Waals surface area (Å²) in [6, 6.07) is 6.98. The van der Waals surface area contributed by atoms with Crippen LogP contribution >= 0.6 is 11.6 Å². The summed E-state index contributed by atoms with van der Waals surface area (Å²) >= 11 is 6.08. The highest BCUT2D eigenvalue weighted by Gasteiger charge is 2.47. The maximum absolute atomic E-state index is 13.6. The number of benzene rings is 1. The van der Waals surface area contributed by atoms with Crippen LogP contribution < -0.4 is 5.32 Å². The molecule has 32 heavy (non-hydrogen) atoms. The van der Waals surface area contributed by atoms with Crippen molar-refractivity contribution >= 4 is 29.3 Å². The molecule has 8 heteroatoms. The average molecular weight is 462 g/mol. The first-order chi connectivity index (χ1) is 15.3. The summed E-state index contributed by atoms with van der Waals surface area (Å²) in [7, 11) is 1.27. The maximum atomic E-state index is 13.6. The normalized spacial score (nSPS) is 22.9. The smallest absolute Gasteiger partial charge is 0.336 e. The van der Waals surface area contributed by atoms with E-state index < -0.39 is 23.8 Å². The molecule has 0 aromatic heterocycles. The van der Waals surface area contributed by atoms with Crippen LogP contribution in [0.15, 0.2) is 46.8 Å². The highest BCUT2D eigenvalue weighted by atomic mass is 35.5. The van der Waals surface area contributed by atoms with Crippen molar-refractivity contribution in [3.63, 3.8) is 0 Å². The lowest BCUT2D eigenvalue weighted by molar-refractivity contribution is -0.151. The molecule has 0 bridgehead atoms. The Morgan fingerprint density at radius 1 is 1.19 bits per heavy atom. The van der Waals surface area contributed by atoms with Crippen LogP contribution in [0.3, 0.4) is 0 Å². The van der Waals surface area contributed by atoms with E-state index in [1.807, 2.05) is 13.8 Å². The predicted molar refractivity (Wildman–Crippen MR) is 119 cm³/mol. The van der Waals surface area contributed by atoms with E-state index in [0.717, 1.165) is 0 Å². The molecule has 1 N–H and O–H groups in total. The number of halogens is 1. The van der Waals surface area contributed by atoms with Gasteiger partial charge in [0.05, 0.1) is 19.3 Å². The van der Waals surface area contributed by atoms with Gasteiger partial charge in [-0.05, 0) is 43.9 Å². The Morgan fingerprint density at radius 2 is 1.88 bits per heavy atom. The number of methoxy groups -OCH3 is 1. The SMILES string of the molecule is CCOCCOC(=O)C1=C(C)NC2=C(C(=O)[C@@H](C(=O)OC)[C@H](C)C2)[C@H]1c1ccc(Cl)cc1. The van der Waals surface area contributed by atoms with Gasteiger partial charge in [0.15, 0.2) is 5.78 Å². The topological polar surface area (TPSA) is 90.9 Å². The average Bonchev–Trinajstić information content (AvgIpc) is 2.76. The molecule has 0 radical (unpaired) electrons. The number of carbonyl (C=O) groups is 3. The van der Waals surface area contributed by atoms with E-state index in [-0.39, 0.29) is 24.9 Å². The molecule has 7 nitrogen and oxygen atoms in total. The molecule has 2 aliphatic rings. The summed E-state index contributed by atoms with van der Waals surface area (Å²) in [6.45, 7) is 6.39. The van der Waals surface area contributed by atoms with Crippen molar-refractivity contribution in [2.24, 2.45) is 11.8 Å². The fourth-order valence-corrected chi connectivity index (χ4v) is 4.48. The number of hydrogen-bond donors (Lipinski definition) is 1. The second-order valence-electron chi connectivity index (χ2n) is 7.92. The third-order valence-corrected chi connectivity index (χ3v) is 6.08. The Morgan fingerprint density at radius 3 is 2.50 bits per heavy atom. The van der Waals surface area contributed by atoms with Crippen LogP contribution in [0.2, 0.25) is 5.02 Å². The molecule has 172 valence electrons. The van der Waals surface area contributed by atoms with E-state index in [9.17, 15) is 14.4 Å². The first kappa shape index (κ1) is 24.0. The second kappa shape index (κ2) is 10.3. The molecular weight excluding hydrogens is 434 g/mol. The number of ketones is 1. The minimum absolute atomic E-state index is 0.0957. The van der Waals surface area contributed by atoms with Gasteiger partial charge in [-0.25, -0.2) is 4.79 Å². The summed E-state index contributed by atoms with van der Waals surface area (Å²) in [5.41, 5.74) is 2.76. The van der Waals surface area contributed by atoms with Crippen molar-refractivity contribution in [1.82, 2.24) is 5.32 Å². The van der Waals surface area contributed by atoms with Crippen LogP contribution in [0.25, 0.3) is 0 Å². The van der Waals surface area contributed by atoms with Crippen LogP contribution in [0.4, 0.5) is 0 Å². The van der Waals surface area contributed by atoms with Gasteiger partial charge in [-0.1, -0.05) is 30.7 Å². The Kier molecular flexibility index (Phi) is 7.74. The van der Waals surface area contributed by atoms with Crippen molar-refractivity contribution < 1.29 is 28.6 Å². The van der Waals surface area contributed by atoms with Crippen molar-refractivity contribution in [3.8, 4) is 0 Å². The summed E-state index contributed by atoms with van der Waals surface area (Å²) < 4.78 is 15.6. The van der Waals surface area contributed by atoms with E-state index in [4.69, 9.17) is 25.8 Å². The van der Waals surface area contributed by atoms with Gasteiger partial charge in [0.2, 0.25) is 0 Å². The lowest BCUT2D eigenvalue weighted by Gasteiger charge is -2.38. The highest BCUT2D eigenvalue weighted by Crippen LogP contribution is 2.45. The molecule has 0 fully saturated rings. The number of hydrogen-bond acceptors (Lipinski definition) is 7. The Bertz CT molecular complexity index is 965. The molecule has 0 unspecified atom stereocenters. The van der Waals surface area contributed by atoms with E-state index in [0.29, 0.717) is 46.2 Å². The number of ether oxygens (including phenoxy) is 3. The van der Waals surface area contributed by atoms with Crippen molar-refractivity contribution in [2.45, 2.75) is 33.1 Å². The monoisotopic (exact) mass is 461 g/mol. The Balaban J connectivity index is 2.06. The largest absolute Gasteiger partial charge is 0.468 e. The fourth-order valence-electron chi connectivity index (χ4n) is 4.36. The molecule has 3 rings (SSSR count). The third-order valence-electron chi connectivity index (χ3n) is 5.83. The molecule has 1 heterocycles. The third kappa shape index (κ3) is 4.74. The lowest BCUT2D eigenvalue weighted by atomic mass is 9.69. The first-order valence-corrected chi connectivity index (χ1v) is 11.0. The summed E-state index contributed by atoms with van der Waals surface area (Å²) in [4.78, 5) is 39.1. The first-order valence-electron chi connectivity index (χ1n) is 10.6. The van der Waals surface area contributed by atoms with Crippen LogP contribution in [0.1, 0.15) is 38.7 Å². The van der Waals surface area contributed by atoms with Gasteiger partial charge in [0.25, 0.3) is 0 Å². The van der Waals surface area contributed by atoms with Crippen LogP contribution in [0.5, 0.6) is 0 Å². The molecule has 3 atom stereocenters. The van der Waals surface area contributed by atoms with Gasteiger partial charge in [0, 0.05) is 34.5 Å². The Labute approximate surface area is 192 Å². The molecule has 1 aliphatic heterocycles. The van der Waals surface area contributed by atoms with Crippen molar-refractivity contribution in [3.05, 3.63) is 57.4 Å². The van der Waals surface area contributed by atoms with Gasteiger partial charge in [-0.2, -0.15) is 0 Å². The highest BCUT2D eigenvalue weighted by molar-refractivity contribution is 6.30. The number of nitrogens with one attached hydrogen (secondary N) is 1. The number of esters is 2. The minimum Gasteiger partial charge on any atom is -0.468 e. The molecular formula is C24H28ClNO6. The number of dihydropyridines is 1. The predicted octanol–water partition coefficient (Wildman–Crippen LogP) is 3.53. The second-order valence-corrected chi connectivity index (χ2v) is 8.36. The zero-order chi connectivity index (χ0) is 23.4. The lowest BCUT2D eigenvalue weighted by Crippen LogP contribution is -2.43. The van der Waals surface area contributed by atoms with Gasteiger partial charge in [0.1, 0.15) is 12.5 Å². The zero-order valence-electron chi connectivity index (χ0n) is 18.7. The standard InChI is InChI=1S/C24H28ClNO6/c1-5-31-10-11-32-24(29)19-14(3)26-17-12-13(2)18(23(28)30-4)22(27)21(17)20(19)15-6-8-16(25)9-7-15/h6-9,13,18,20,26H,5,10-12H2,1-4H3/t13-,18+,20+/m1/s1. The zero-order valence-corrected chi connectivity index (χ0v) is 19.5. The van der Waals surface area contributed by atoms with Crippen LogP contribution in [-0.4, -0.2) is 44.7 Å². The molecule has 0 amide bonds. The van der Waals surface area contributed by atoms with E-state index in [2.05, 4.69) is 5.32 Å². The molecule has 0 spiro atoms. The number of Topliss-reactive ketones (excluding diaryl/α,β-unsaturated/α-hetero) is 1. The number of carbonyl (C=O) groups excluding carboxylic acids is 3. The van der Waals surface area contributed by atoms with E-state index in [1.54, 1.807) is 31.2 Å². The molecule has 0 saturated heterocycles. The van der Waals surface area contributed by atoms with Crippen molar-refractivity contribution in [1.29, 1.82) is 0 Å². The van der Waals surface area contributed by atoms with Gasteiger partial charge < -0.3 is 19.5 Å². The van der Waals surface area contributed by atoms with Crippen LogP contribution in [0, 0.1) is 11.8 Å². The maximum Gasteiger partial charge on any atom is 0.336 e. The quantitative estimate of drug-likeness (QED) is 0.377. The molecule has 1 aromatic carbocycles. The summed E-state index contributed by atoms with van der Waals surface area (Å²) in [5, 5.41) is 3.76. The fraction of sp³-hybridized carbons (Fsp3) is 0.458. The van der Waals surface area contributed by atoms with Gasteiger partial charge >= 0.3 is 11.9 Å². The molecule has 0 saturated carbocycles. The minimum atomic E-state index is -0.927. The number of allylic oxidation sites excluding steroid dienone is 3. The van der Waals surface area contributed by atoms with E-state index in [1.165, 1.54) is 7.11 Å². The Hall–Kier alpha value is -2.64. The molecule has 1 aliphatic carbocycles. The van der Waals surface area contributed by atoms with Crippen molar-refractivity contribution in [2.75, 3.05) is 26.9 Å². The molecule has 1 aromatic rings. The van der Waals surface area contributed by atoms with E-state index >= 15 is 0 Å². The number of rotatable bonds is 7. The van der Waals surface area contributed by atoms with Gasteiger partial charge in [-0.15, -0.1) is 0 Å². The van der Waals surface area contributed by atoms with Gasteiger partial charge in [-0.3, -0.25) is 9.59 Å².